The van der Waals surface area contributed by atoms with Gasteiger partial charge < -0.3 is 10.6 Å². The van der Waals surface area contributed by atoms with Gasteiger partial charge in [0.25, 0.3) is 0 Å². The SMILES string of the molecule is CN(Cc1ccccc1)C(=O)C1CCCCCC1N. The number of hydrogen-bond donors (Lipinski definition) is 1. The van der Waals surface area contributed by atoms with E-state index < -0.39 is 0 Å². The van der Waals surface area contributed by atoms with Crippen molar-refractivity contribution in [2.45, 2.75) is 44.7 Å². The third-order valence-corrected chi connectivity index (χ3v) is 4.03. The van der Waals surface area contributed by atoms with Gasteiger partial charge in [0, 0.05) is 19.6 Å². The molecule has 3 heteroatoms. The maximum Gasteiger partial charge on any atom is 0.227 e. The number of carbonyl (C=O) groups is 1. The topological polar surface area (TPSA) is 46.3 Å². The normalized spacial score (nSPS) is 23.7. The first-order valence-corrected chi connectivity index (χ1v) is 7.23. The molecule has 1 aromatic rings. The molecule has 1 saturated carbocycles. The van der Waals surface area contributed by atoms with Crippen LogP contribution in [0.3, 0.4) is 0 Å². The fourth-order valence-corrected chi connectivity index (χ4v) is 2.86. The van der Waals surface area contributed by atoms with E-state index >= 15 is 0 Å². The summed E-state index contributed by atoms with van der Waals surface area (Å²) in [7, 11) is 1.88. The van der Waals surface area contributed by atoms with E-state index in [2.05, 4.69) is 12.1 Å². The van der Waals surface area contributed by atoms with Crippen LogP contribution in [0.4, 0.5) is 0 Å². The number of nitrogens with zero attached hydrogens (tertiary/aromatic N) is 1. The lowest BCUT2D eigenvalue weighted by atomic mass is 9.94. The van der Waals surface area contributed by atoms with Crippen LogP contribution >= 0.6 is 0 Å². The van der Waals surface area contributed by atoms with Crippen LogP contribution in [0.25, 0.3) is 0 Å². The zero-order valence-electron chi connectivity index (χ0n) is 11.7. The Balaban J connectivity index is 1.97. The van der Waals surface area contributed by atoms with Crippen LogP contribution in [0.5, 0.6) is 0 Å². The number of carbonyl (C=O) groups excluding carboxylic acids is 1. The molecule has 1 aromatic carbocycles. The number of rotatable bonds is 3. The summed E-state index contributed by atoms with van der Waals surface area (Å²) in [4.78, 5) is 14.3. The van der Waals surface area contributed by atoms with Crippen molar-refractivity contribution in [3.05, 3.63) is 35.9 Å². The zero-order chi connectivity index (χ0) is 13.7. The first kappa shape index (κ1) is 14.1. The lowest BCUT2D eigenvalue weighted by Crippen LogP contribution is -2.41. The molecule has 104 valence electrons. The van der Waals surface area contributed by atoms with Gasteiger partial charge in [-0.2, -0.15) is 0 Å². The average Bonchev–Trinajstić information content (AvgIpc) is 2.63. The Morgan fingerprint density at radius 1 is 1.21 bits per heavy atom. The largest absolute Gasteiger partial charge is 0.341 e. The molecule has 0 aliphatic heterocycles. The van der Waals surface area contributed by atoms with Gasteiger partial charge in [0.15, 0.2) is 0 Å². The van der Waals surface area contributed by atoms with Crippen molar-refractivity contribution >= 4 is 5.91 Å². The van der Waals surface area contributed by atoms with Crippen LogP contribution in [0.15, 0.2) is 30.3 Å². The Morgan fingerprint density at radius 2 is 1.89 bits per heavy atom. The highest BCUT2D eigenvalue weighted by Gasteiger charge is 2.29. The van der Waals surface area contributed by atoms with E-state index in [1.807, 2.05) is 30.1 Å². The predicted molar refractivity (Wildman–Crippen MR) is 77.5 cm³/mol. The van der Waals surface area contributed by atoms with E-state index in [0.717, 1.165) is 25.7 Å². The van der Waals surface area contributed by atoms with Crippen LogP contribution in [-0.2, 0) is 11.3 Å². The lowest BCUT2D eigenvalue weighted by Gasteiger charge is -2.26. The van der Waals surface area contributed by atoms with E-state index in [0.29, 0.717) is 6.54 Å². The summed E-state index contributed by atoms with van der Waals surface area (Å²) < 4.78 is 0. The third-order valence-electron chi connectivity index (χ3n) is 4.03. The minimum absolute atomic E-state index is 0.0104. The van der Waals surface area contributed by atoms with Gasteiger partial charge in [-0.15, -0.1) is 0 Å². The quantitative estimate of drug-likeness (QED) is 0.849. The zero-order valence-corrected chi connectivity index (χ0v) is 11.7. The Bertz CT molecular complexity index is 404. The van der Waals surface area contributed by atoms with Gasteiger partial charge in [0.2, 0.25) is 5.91 Å². The standard InChI is InChI=1S/C16H24N2O/c1-18(12-13-8-4-2-5-9-13)16(19)14-10-6-3-7-11-15(14)17/h2,4-5,8-9,14-15H,3,6-7,10-12,17H2,1H3. The maximum atomic E-state index is 12.5. The molecule has 0 saturated heterocycles. The van der Waals surface area contributed by atoms with Crippen molar-refractivity contribution in [3.63, 3.8) is 0 Å². The van der Waals surface area contributed by atoms with Gasteiger partial charge in [-0.3, -0.25) is 4.79 Å². The molecule has 0 aromatic heterocycles. The molecular formula is C16H24N2O. The molecule has 1 aliphatic rings. The maximum absolute atomic E-state index is 12.5. The summed E-state index contributed by atoms with van der Waals surface area (Å²) in [5, 5.41) is 0. The second kappa shape index (κ2) is 6.71. The van der Waals surface area contributed by atoms with E-state index in [1.54, 1.807) is 0 Å². The molecule has 2 rings (SSSR count). The van der Waals surface area contributed by atoms with Crippen LogP contribution < -0.4 is 5.73 Å². The fraction of sp³-hybridized carbons (Fsp3) is 0.562. The van der Waals surface area contributed by atoms with Crippen molar-refractivity contribution in [1.29, 1.82) is 0 Å². The Labute approximate surface area is 115 Å². The highest BCUT2D eigenvalue weighted by molar-refractivity contribution is 5.79. The summed E-state index contributed by atoms with van der Waals surface area (Å²) in [6, 6.07) is 10.1. The van der Waals surface area contributed by atoms with Gasteiger partial charge in [0.05, 0.1) is 5.92 Å². The second-order valence-electron chi connectivity index (χ2n) is 5.59. The summed E-state index contributed by atoms with van der Waals surface area (Å²) in [5.41, 5.74) is 7.33. The third kappa shape index (κ3) is 3.80. The molecule has 1 amide bonds. The van der Waals surface area contributed by atoms with Crippen molar-refractivity contribution < 1.29 is 4.79 Å². The van der Waals surface area contributed by atoms with Crippen molar-refractivity contribution in [3.8, 4) is 0 Å². The molecule has 2 atom stereocenters. The molecular weight excluding hydrogens is 236 g/mol. The van der Waals surface area contributed by atoms with Crippen LogP contribution in [0, 0.1) is 5.92 Å². The number of benzene rings is 1. The summed E-state index contributed by atoms with van der Waals surface area (Å²) >= 11 is 0. The first-order chi connectivity index (χ1) is 9.18. The highest BCUT2D eigenvalue weighted by Crippen LogP contribution is 2.24. The van der Waals surface area contributed by atoms with Gasteiger partial charge >= 0.3 is 0 Å². The Morgan fingerprint density at radius 3 is 2.63 bits per heavy atom. The lowest BCUT2D eigenvalue weighted by molar-refractivity contribution is -0.135. The van der Waals surface area contributed by atoms with Crippen molar-refractivity contribution in [1.82, 2.24) is 4.90 Å². The number of hydrogen-bond acceptors (Lipinski definition) is 2. The van der Waals surface area contributed by atoms with E-state index in [-0.39, 0.29) is 17.9 Å². The predicted octanol–water partition coefficient (Wildman–Crippen LogP) is 2.55. The van der Waals surface area contributed by atoms with Gasteiger partial charge in [0.1, 0.15) is 0 Å². The smallest absolute Gasteiger partial charge is 0.227 e. The molecule has 2 unspecified atom stereocenters. The molecule has 0 bridgehead atoms. The molecule has 0 heterocycles. The monoisotopic (exact) mass is 260 g/mol. The van der Waals surface area contributed by atoms with Crippen LogP contribution in [0.2, 0.25) is 0 Å². The number of nitrogens with two attached hydrogens (primary N) is 1. The van der Waals surface area contributed by atoms with E-state index in [9.17, 15) is 4.79 Å². The van der Waals surface area contributed by atoms with E-state index in [4.69, 9.17) is 5.73 Å². The Kier molecular flexibility index (Phi) is 4.97. The van der Waals surface area contributed by atoms with Crippen LogP contribution in [0.1, 0.15) is 37.7 Å². The summed E-state index contributed by atoms with van der Waals surface area (Å²) in [6.45, 7) is 0.670. The van der Waals surface area contributed by atoms with Gasteiger partial charge in [-0.25, -0.2) is 0 Å². The molecule has 0 radical (unpaired) electrons. The molecule has 0 spiro atoms. The average molecular weight is 260 g/mol. The van der Waals surface area contributed by atoms with Crippen molar-refractivity contribution in [2.75, 3.05) is 7.05 Å². The molecule has 1 fully saturated rings. The van der Waals surface area contributed by atoms with Crippen molar-refractivity contribution in [2.24, 2.45) is 11.7 Å². The fourth-order valence-electron chi connectivity index (χ4n) is 2.86. The minimum atomic E-state index is 0.0104. The Hall–Kier alpha value is -1.35. The molecule has 2 N–H and O–H groups in total. The van der Waals surface area contributed by atoms with E-state index in [1.165, 1.54) is 12.0 Å². The molecule has 1 aliphatic carbocycles. The minimum Gasteiger partial charge on any atom is -0.341 e. The second-order valence-corrected chi connectivity index (χ2v) is 5.59. The molecule has 3 nitrogen and oxygen atoms in total. The molecule has 19 heavy (non-hydrogen) atoms. The highest BCUT2D eigenvalue weighted by atomic mass is 16.2. The van der Waals surface area contributed by atoms with Gasteiger partial charge in [-0.1, -0.05) is 49.6 Å². The number of amides is 1. The first-order valence-electron chi connectivity index (χ1n) is 7.23. The summed E-state index contributed by atoms with van der Waals surface area (Å²) in [6.07, 6.45) is 5.42. The summed E-state index contributed by atoms with van der Waals surface area (Å²) in [5.74, 6) is 0.217. The van der Waals surface area contributed by atoms with Crippen LogP contribution in [-0.4, -0.2) is 23.9 Å². The van der Waals surface area contributed by atoms with Gasteiger partial charge in [-0.05, 0) is 18.4 Å².